The maximum absolute atomic E-state index is 13.7. The molecule has 0 saturated heterocycles. The van der Waals surface area contributed by atoms with E-state index in [1.165, 1.54) is 20.3 Å². The Morgan fingerprint density at radius 1 is 0.737 bits per heavy atom. The Hall–Kier alpha value is -4.57. The van der Waals surface area contributed by atoms with Crippen LogP contribution in [0.2, 0.25) is 0 Å². The first-order chi connectivity index (χ1) is 18.4. The van der Waals surface area contributed by atoms with Gasteiger partial charge < -0.3 is 18.9 Å². The van der Waals surface area contributed by atoms with Gasteiger partial charge in [0.25, 0.3) is 0 Å². The van der Waals surface area contributed by atoms with Gasteiger partial charge in [-0.3, -0.25) is 14.4 Å². The molecule has 0 spiro atoms. The van der Waals surface area contributed by atoms with E-state index in [0.29, 0.717) is 16.9 Å². The molecule has 0 fully saturated rings. The van der Waals surface area contributed by atoms with E-state index in [4.69, 9.17) is 18.9 Å². The van der Waals surface area contributed by atoms with E-state index in [-0.39, 0.29) is 30.1 Å². The number of Topliss-reactive ketones (excluding diaryl/α,β-unsaturated/α-hetero) is 1. The molecule has 0 amide bonds. The van der Waals surface area contributed by atoms with Gasteiger partial charge in [0.15, 0.2) is 22.7 Å². The average Bonchev–Trinajstić information content (AvgIpc) is 2.95. The minimum absolute atomic E-state index is 0.0160. The molecule has 0 unspecified atom stereocenters. The number of ether oxygens (including phenoxy) is 4. The molecule has 0 saturated carbocycles. The minimum atomic E-state index is -2.15. The summed E-state index contributed by atoms with van der Waals surface area (Å²) in [5.74, 6) is 4.42. The Kier molecular flexibility index (Phi) is 9.66. The Balaban J connectivity index is 2.36. The van der Waals surface area contributed by atoms with Crippen LogP contribution in [0.1, 0.15) is 47.3 Å². The van der Waals surface area contributed by atoms with Gasteiger partial charge in [0.05, 0.1) is 27.4 Å². The van der Waals surface area contributed by atoms with E-state index in [1.807, 2.05) is 30.3 Å². The van der Waals surface area contributed by atoms with Crippen molar-refractivity contribution in [2.24, 2.45) is 0 Å². The molecule has 0 aliphatic heterocycles. The van der Waals surface area contributed by atoms with Crippen molar-refractivity contribution in [3.8, 4) is 23.3 Å². The fourth-order valence-corrected chi connectivity index (χ4v) is 4.01. The van der Waals surface area contributed by atoms with Crippen molar-refractivity contribution in [1.29, 1.82) is 0 Å². The first kappa shape index (κ1) is 28.0. The average molecular weight is 515 g/mol. The third-order valence-electron chi connectivity index (χ3n) is 5.87. The maximum Gasteiger partial charge on any atom is 0.328 e. The Morgan fingerprint density at radius 3 is 1.79 bits per heavy atom. The van der Waals surface area contributed by atoms with Crippen LogP contribution in [0.15, 0.2) is 72.8 Å². The monoisotopic (exact) mass is 514 g/mol. The predicted molar refractivity (Wildman–Crippen MR) is 142 cm³/mol. The Bertz CT molecular complexity index is 1320. The van der Waals surface area contributed by atoms with Crippen LogP contribution in [-0.4, -0.2) is 45.2 Å². The van der Waals surface area contributed by atoms with Gasteiger partial charge >= 0.3 is 11.9 Å². The van der Waals surface area contributed by atoms with Crippen molar-refractivity contribution in [3.63, 3.8) is 0 Å². The third kappa shape index (κ3) is 6.04. The van der Waals surface area contributed by atoms with Gasteiger partial charge in [-0.15, -0.1) is 0 Å². The molecule has 0 aliphatic carbocycles. The number of ketones is 1. The van der Waals surface area contributed by atoms with Gasteiger partial charge in [0.2, 0.25) is 0 Å². The molecule has 0 bridgehead atoms. The summed E-state index contributed by atoms with van der Waals surface area (Å²) in [7, 11) is 2.90. The summed E-state index contributed by atoms with van der Waals surface area (Å²) in [5.41, 5.74) is -0.693. The van der Waals surface area contributed by atoms with Crippen molar-refractivity contribution >= 4 is 17.7 Å². The fourth-order valence-electron chi connectivity index (χ4n) is 4.01. The second-order valence-electron chi connectivity index (χ2n) is 8.18. The number of methoxy groups -OCH3 is 2. The Morgan fingerprint density at radius 2 is 1.26 bits per heavy atom. The standard InChI is InChI=1S/C31H30O7/c1-5-37-29(33)31(30(34)38-6-2,21-26(32)23-15-11-8-12-16-23)25-20-28(36-4)27(35-3)19-24(25)18-17-22-13-9-7-10-14-22/h7-16,19-20H,5-6,21H2,1-4H3. The van der Waals surface area contributed by atoms with Crippen LogP contribution >= 0.6 is 0 Å². The summed E-state index contributed by atoms with van der Waals surface area (Å²) in [6.45, 7) is 3.21. The SMILES string of the molecule is CCOC(=O)C(CC(=O)c1ccccc1)(C(=O)OCC)c1cc(OC)c(OC)cc1C#Cc1ccccc1. The van der Waals surface area contributed by atoms with E-state index < -0.39 is 29.6 Å². The number of carbonyl (C=O) groups excluding carboxylic acids is 3. The first-order valence-corrected chi connectivity index (χ1v) is 12.2. The molecule has 7 heteroatoms. The van der Waals surface area contributed by atoms with Crippen LogP contribution < -0.4 is 9.47 Å². The lowest BCUT2D eigenvalue weighted by Crippen LogP contribution is -2.48. The fraction of sp³-hybridized carbons (Fsp3) is 0.258. The van der Waals surface area contributed by atoms with Crippen molar-refractivity contribution in [2.45, 2.75) is 25.7 Å². The second-order valence-corrected chi connectivity index (χ2v) is 8.18. The molecule has 38 heavy (non-hydrogen) atoms. The van der Waals surface area contributed by atoms with Crippen molar-refractivity contribution in [3.05, 3.63) is 95.1 Å². The van der Waals surface area contributed by atoms with E-state index >= 15 is 0 Å². The number of carbonyl (C=O) groups is 3. The first-order valence-electron chi connectivity index (χ1n) is 12.2. The van der Waals surface area contributed by atoms with Gasteiger partial charge in [0, 0.05) is 28.7 Å². The van der Waals surface area contributed by atoms with Crippen LogP contribution in [0.4, 0.5) is 0 Å². The van der Waals surface area contributed by atoms with Gasteiger partial charge in [-0.25, -0.2) is 0 Å². The smallest absolute Gasteiger partial charge is 0.328 e. The van der Waals surface area contributed by atoms with Crippen LogP contribution in [-0.2, 0) is 24.5 Å². The van der Waals surface area contributed by atoms with E-state index in [1.54, 1.807) is 50.2 Å². The predicted octanol–water partition coefficient (Wildman–Crippen LogP) is 4.74. The van der Waals surface area contributed by atoms with Gasteiger partial charge in [0.1, 0.15) is 0 Å². The molecule has 7 nitrogen and oxygen atoms in total. The summed E-state index contributed by atoms with van der Waals surface area (Å²) in [6.07, 6.45) is -0.538. The molecule has 0 atom stereocenters. The van der Waals surface area contributed by atoms with Crippen LogP contribution in [0.25, 0.3) is 0 Å². The molecule has 0 radical (unpaired) electrons. The Labute approximate surface area is 222 Å². The van der Waals surface area contributed by atoms with Crippen molar-refractivity contribution < 1.29 is 33.3 Å². The van der Waals surface area contributed by atoms with E-state index in [2.05, 4.69) is 11.8 Å². The van der Waals surface area contributed by atoms with Gasteiger partial charge in [-0.1, -0.05) is 60.4 Å². The molecular weight excluding hydrogens is 484 g/mol. The summed E-state index contributed by atoms with van der Waals surface area (Å²) in [6, 6.07) is 20.7. The van der Waals surface area contributed by atoms with E-state index in [0.717, 1.165) is 0 Å². The van der Waals surface area contributed by atoms with Crippen LogP contribution in [0.5, 0.6) is 11.5 Å². The zero-order valence-electron chi connectivity index (χ0n) is 21.9. The quantitative estimate of drug-likeness (QED) is 0.167. The third-order valence-corrected chi connectivity index (χ3v) is 5.87. The molecule has 196 valence electrons. The molecule has 3 aromatic carbocycles. The normalized spacial score (nSPS) is 10.5. The maximum atomic E-state index is 13.7. The largest absolute Gasteiger partial charge is 0.493 e. The number of esters is 2. The zero-order valence-corrected chi connectivity index (χ0v) is 21.9. The van der Waals surface area contributed by atoms with Crippen molar-refractivity contribution in [2.75, 3.05) is 27.4 Å². The van der Waals surface area contributed by atoms with Crippen LogP contribution in [0.3, 0.4) is 0 Å². The van der Waals surface area contributed by atoms with Crippen molar-refractivity contribution in [1.82, 2.24) is 0 Å². The lowest BCUT2D eigenvalue weighted by Gasteiger charge is -2.30. The highest BCUT2D eigenvalue weighted by Gasteiger charge is 2.53. The molecule has 0 aliphatic rings. The molecular formula is C31H30O7. The molecule has 3 rings (SSSR count). The highest BCUT2D eigenvalue weighted by atomic mass is 16.6. The second kappa shape index (κ2) is 13.1. The highest BCUT2D eigenvalue weighted by Crippen LogP contribution is 2.41. The van der Waals surface area contributed by atoms with Crippen LogP contribution in [0, 0.1) is 11.8 Å². The number of benzene rings is 3. The number of hydrogen-bond acceptors (Lipinski definition) is 7. The van der Waals surface area contributed by atoms with Gasteiger partial charge in [-0.05, 0) is 38.1 Å². The molecule has 0 N–H and O–H groups in total. The molecule has 0 heterocycles. The van der Waals surface area contributed by atoms with E-state index in [9.17, 15) is 14.4 Å². The van der Waals surface area contributed by atoms with Gasteiger partial charge in [-0.2, -0.15) is 0 Å². The minimum Gasteiger partial charge on any atom is -0.493 e. The molecule has 3 aromatic rings. The zero-order chi connectivity index (χ0) is 27.5. The lowest BCUT2D eigenvalue weighted by molar-refractivity contribution is -0.164. The summed E-state index contributed by atoms with van der Waals surface area (Å²) >= 11 is 0. The lowest BCUT2D eigenvalue weighted by atomic mass is 9.73. The highest BCUT2D eigenvalue weighted by molar-refractivity contribution is 6.12. The summed E-state index contributed by atoms with van der Waals surface area (Å²) in [4.78, 5) is 41.0. The number of rotatable bonds is 10. The summed E-state index contributed by atoms with van der Waals surface area (Å²) in [5, 5.41) is 0. The molecule has 0 aromatic heterocycles. The summed E-state index contributed by atoms with van der Waals surface area (Å²) < 4.78 is 21.8. The topological polar surface area (TPSA) is 88.1 Å². The number of hydrogen-bond donors (Lipinski definition) is 0.